The van der Waals surface area contributed by atoms with Gasteiger partial charge in [-0.25, -0.2) is 4.98 Å². The quantitative estimate of drug-likeness (QED) is 0.316. The van der Waals surface area contributed by atoms with E-state index < -0.39 is 6.61 Å². The van der Waals surface area contributed by atoms with Gasteiger partial charge in [0.2, 0.25) is 0 Å². The molecule has 0 amide bonds. The number of aromatic nitrogens is 2. The third-order valence-electron chi connectivity index (χ3n) is 5.53. The number of nitrogens with one attached hydrogen (secondary N) is 1. The minimum absolute atomic E-state index is 0.0543. The Hall–Kier alpha value is -3.20. The highest BCUT2D eigenvalue weighted by molar-refractivity contribution is 6.02. The third kappa shape index (κ3) is 5.42. The molecule has 33 heavy (non-hydrogen) atoms. The third-order valence-corrected chi connectivity index (χ3v) is 5.53. The molecule has 176 valence electrons. The highest BCUT2D eigenvalue weighted by Gasteiger charge is 2.29. The van der Waals surface area contributed by atoms with Crippen molar-refractivity contribution in [3.63, 3.8) is 0 Å². The molecule has 0 radical (unpaired) electrons. The first kappa shape index (κ1) is 23.0. The van der Waals surface area contributed by atoms with E-state index in [1.807, 2.05) is 17.4 Å². The van der Waals surface area contributed by atoms with Crippen LogP contribution in [0.5, 0.6) is 17.2 Å². The van der Waals surface area contributed by atoms with Crippen LogP contribution in [0.15, 0.2) is 36.7 Å². The number of likely N-dealkylation sites (N-methyl/N-ethyl adjacent to an activating group) is 1. The number of carbonyl (C=O) groups is 1. The molecule has 2 aromatic heterocycles. The smallest absolute Gasteiger partial charge is 0.387 e. The lowest BCUT2D eigenvalue weighted by atomic mass is 10.00. The summed E-state index contributed by atoms with van der Waals surface area (Å²) in [5.74, 6) is 0.733. The van der Waals surface area contributed by atoms with Gasteiger partial charge in [-0.1, -0.05) is 6.92 Å². The van der Waals surface area contributed by atoms with Crippen LogP contribution in [-0.2, 0) is 0 Å². The van der Waals surface area contributed by atoms with Crippen molar-refractivity contribution in [3.8, 4) is 28.5 Å². The molecule has 1 aliphatic carbocycles. The van der Waals surface area contributed by atoms with Gasteiger partial charge >= 0.3 is 6.61 Å². The molecule has 1 aliphatic rings. The van der Waals surface area contributed by atoms with Crippen molar-refractivity contribution in [2.75, 3.05) is 26.8 Å². The number of methoxy groups -OCH3 is 1. The predicted octanol–water partition coefficient (Wildman–Crippen LogP) is 4.58. The van der Waals surface area contributed by atoms with Gasteiger partial charge in [0.05, 0.1) is 19.0 Å². The number of halogens is 2. The van der Waals surface area contributed by atoms with Crippen LogP contribution < -0.4 is 19.5 Å². The summed E-state index contributed by atoms with van der Waals surface area (Å²) in [7, 11) is 1.41. The Bertz CT molecular complexity index is 1130. The lowest BCUT2D eigenvalue weighted by molar-refractivity contribution is -0.0502. The average Bonchev–Trinajstić information content (AvgIpc) is 3.50. The first-order valence-corrected chi connectivity index (χ1v) is 11.0. The standard InChI is InChI=1S/C24H27F2N3O4/c1-3-27-7-9-32-17-6-8-29-18(14-28-22(29)13-17)16-11-20(31-2)23(19(30)10-15-4-5-15)21(12-16)33-24(25)26/h6,8,11-15,24,27H,3-5,7,9-10H2,1-2H3. The Labute approximate surface area is 190 Å². The van der Waals surface area contributed by atoms with Crippen LogP contribution in [0.1, 0.15) is 36.5 Å². The normalized spacial score (nSPS) is 13.5. The first-order valence-electron chi connectivity index (χ1n) is 11.0. The van der Waals surface area contributed by atoms with Gasteiger partial charge in [0.25, 0.3) is 0 Å². The Morgan fingerprint density at radius 3 is 2.76 bits per heavy atom. The van der Waals surface area contributed by atoms with Gasteiger partial charge in [0.1, 0.15) is 35.1 Å². The summed E-state index contributed by atoms with van der Waals surface area (Å²) in [6.45, 7) is 1.10. The number of benzene rings is 1. The molecule has 0 atom stereocenters. The molecule has 1 N–H and O–H groups in total. The first-order chi connectivity index (χ1) is 16.0. The van der Waals surface area contributed by atoms with Crippen molar-refractivity contribution in [2.24, 2.45) is 5.92 Å². The average molecular weight is 459 g/mol. The zero-order valence-electron chi connectivity index (χ0n) is 18.6. The SMILES string of the molecule is CCNCCOc1ccn2c(-c3cc(OC)c(C(=O)CC4CC4)c(OC(F)F)c3)cnc2c1. The van der Waals surface area contributed by atoms with Crippen molar-refractivity contribution < 1.29 is 27.8 Å². The Balaban J connectivity index is 1.68. The summed E-state index contributed by atoms with van der Waals surface area (Å²) in [5.41, 5.74) is 1.87. The second-order valence-electron chi connectivity index (χ2n) is 7.94. The maximum absolute atomic E-state index is 13.2. The van der Waals surface area contributed by atoms with E-state index in [1.54, 1.807) is 24.5 Å². The van der Waals surface area contributed by atoms with Gasteiger partial charge in [-0.3, -0.25) is 9.20 Å². The molecule has 1 aromatic carbocycles. The van der Waals surface area contributed by atoms with Crippen LogP contribution in [-0.4, -0.2) is 48.6 Å². The summed E-state index contributed by atoms with van der Waals surface area (Å²) in [4.78, 5) is 17.2. The highest BCUT2D eigenvalue weighted by Crippen LogP contribution is 2.40. The number of hydrogen-bond acceptors (Lipinski definition) is 6. The summed E-state index contributed by atoms with van der Waals surface area (Å²) in [5, 5.41) is 3.19. The molecular weight excluding hydrogens is 432 g/mol. The second-order valence-corrected chi connectivity index (χ2v) is 7.94. The van der Waals surface area contributed by atoms with Crippen LogP contribution in [0.2, 0.25) is 0 Å². The molecule has 3 aromatic rings. The predicted molar refractivity (Wildman–Crippen MR) is 120 cm³/mol. The number of hydrogen-bond donors (Lipinski definition) is 1. The number of carbonyl (C=O) groups excluding carboxylic acids is 1. The van der Waals surface area contributed by atoms with E-state index in [0.29, 0.717) is 41.6 Å². The van der Waals surface area contributed by atoms with Crippen LogP contribution in [0, 0.1) is 5.92 Å². The van der Waals surface area contributed by atoms with Gasteiger partial charge < -0.3 is 19.5 Å². The van der Waals surface area contributed by atoms with E-state index in [0.717, 1.165) is 25.9 Å². The molecule has 4 rings (SSSR count). The fourth-order valence-corrected chi connectivity index (χ4v) is 3.73. The molecule has 0 aliphatic heterocycles. The van der Waals surface area contributed by atoms with E-state index in [1.165, 1.54) is 13.2 Å². The van der Waals surface area contributed by atoms with Crippen molar-refractivity contribution in [1.82, 2.24) is 14.7 Å². The minimum Gasteiger partial charge on any atom is -0.496 e. The molecule has 0 saturated heterocycles. The molecule has 0 spiro atoms. The Morgan fingerprint density at radius 2 is 2.06 bits per heavy atom. The Kier molecular flexibility index (Phi) is 7.08. The van der Waals surface area contributed by atoms with Crippen molar-refractivity contribution in [1.29, 1.82) is 0 Å². The van der Waals surface area contributed by atoms with Gasteiger partial charge in [0, 0.05) is 30.8 Å². The fraction of sp³-hybridized carbons (Fsp3) is 0.417. The minimum atomic E-state index is -3.07. The fourth-order valence-electron chi connectivity index (χ4n) is 3.73. The number of imidazole rings is 1. The largest absolute Gasteiger partial charge is 0.496 e. The summed E-state index contributed by atoms with van der Waals surface area (Å²) < 4.78 is 44.1. The van der Waals surface area contributed by atoms with Crippen molar-refractivity contribution >= 4 is 11.4 Å². The zero-order valence-corrected chi connectivity index (χ0v) is 18.6. The molecule has 7 nitrogen and oxygen atoms in total. The number of ether oxygens (including phenoxy) is 3. The van der Waals surface area contributed by atoms with E-state index in [9.17, 15) is 13.6 Å². The van der Waals surface area contributed by atoms with Crippen LogP contribution in [0.25, 0.3) is 16.9 Å². The van der Waals surface area contributed by atoms with Crippen LogP contribution in [0.4, 0.5) is 8.78 Å². The zero-order chi connectivity index (χ0) is 23.4. The molecular formula is C24H27F2N3O4. The number of nitrogens with zero attached hydrogens (tertiary/aromatic N) is 2. The second kappa shape index (κ2) is 10.2. The van der Waals surface area contributed by atoms with E-state index in [4.69, 9.17) is 14.2 Å². The molecule has 1 fully saturated rings. The summed E-state index contributed by atoms with van der Waals surface area (Å²) in [6, 6.07) is 6.71. The van der Waals surface area contributed by atoms with Crippen LogP contribution >= 0.6 is 0 Å². The molecule has 1 saturated carbocycles. The van der Waals surface area contributed by atoms with Gasteiger partial charge in [-0.15, -0.1) is 0 Å². The topological polar surface area (TPSA) is 74.1 Å². The highest BCUT2D eigenvalue weighted by atomic mass is 19.3. The summed E-state index contributed by atoms with van der Waals surface area (Å²) in [6.07, 6.45) is 5.66. The number of rotatable bonds is 12. The van der Waals surface area contributed by atoms with Gasteiger partial charge in [-0.05, 0) is 43.5 Å². The summed E-state index contributed by atoms with van der Waals surface area (Å²) >= 11 is 0. The van der Waals surface area contributed by atoms with Gasteiger partial charge in [0.15, 0.2) is 5.78 Å². The van der Waals surface area contributed by atoms with Crippen molar-refractivity contribution in [3.05, 3.63) is 42.2 Å². The maximum Gasteiger partial charge on any atom is 0.387 e. The van der Waals surface area contributed by atoms with E-state index in [2.05, 4.69) is 10.3 Å². The lowest BCUT2D eigenvalue weighted by Crippen LogP contribution is -2.20. The number of pyridine rings is 1. The van der Waals surface area contributed by atoms with E-state index >= 15 is 0 Å². The van der Waals surface area contributed by atoms with Gasteiger partial charge in [-0.2, -0.15) is 8.78 Å². The molecule has 0 bridgehead atoms. The lowest BCUT2D eigenvalue weighted by Gasteiger charge is -2.16. The number of Topliss-reactive ketones (excluding diaryl/α,β-unsaturated/α-hetero) is 1. The molecule has 0 unspecified atom stereocenters. The monoisotopic (exact) mass is 459 g/mol. The van der Waals surface area contributed by atoms with E-state index in [-0.39, 0.29) is 22.8 Å². The Morgan fingerprint density at radius 1 is 1.27 bits per heavy atom. The number of ketones is 1. The number of fused-ring (bicyclic) bond motifs is 1. The molecule has 9 heteroatoms. The number of alkyl halides is 2. The van der Waals surface area contributed by atoms with Crippen LogP contribution in [0.3, 0.4) is 0 Å². The van der Waals surface area contributed by atoms with Crippen molar-refractivity contribution in [2.45, 2.75) is 32.8 Å². The molecule has 2 heterocycles. The maximum atomic E-state index is 13.2.